The molecule has 0 spiro atoms. The number of likely N-dealkylation sites (tertiary alicyclic amines) is 1. The molecule has 4 heteroatoms. The number of hydrogen-bond acceptors (Lipinski definition) is 3. The highest BCUT2D eigenvalue weighted by molar-refractivity contribution is 5.81. The summed E-state index contributed by atoms with van der Waals surface area (Å²) < 4.78 is 0. The Morgan fingerprint density at radius 2 is 2.25 bits per heavy atom. The SMILES string of the molecule is CCCCNC(=O)C(C)N1CC(C)C(N)C1. The van der Waals surface area contributed by atoms with E-state index in [9.17, 15) is 4.79 Å². The number of nitrogens with one attached hydrogen (secondary N) is 1. The molecule has 0 radical (unpaired) electrons. The second-order valence-corrected chi connectivity index (χ2v) is 4.92. The van der Waals surface area contributed by atoms with E-state index in [0.717, 1.165) is 32.5 Å². The van der Waals surface area contributed by atoms with Gasteiger partial charge < -0.3 is 11.1 Å². The molecule has 94 valence electrons. The highest BCUT2D eigenvalue weighted by atomic mass is 16.2. The highest BCUT2D eigenvalue weighted by Crippen LogP contribution is 2.16. The van der Waals surface area contributed by atoms with Crippen LogP contribution < -0.4 is 11.1 Å². The van der Waals surface area contributed by atoms with E-state index >= 15 is 0 Å². The van der Waals surface area contributed by atoms with Gasteiger partial charge in [-0.3, -0.25) is 9.69 Å². The summed E-state index contributed by atoms with van der Waals surface area (Å²) in [6.07, 6.45) is 2.16. The molecule has 0 saturated carbocycles. The molecule has 0 aromatic rings. The average Bonchev–Trinajstić information content (AvgIpc) is 2.58. The number of unbranched alkanes of at least 4 members (excludes halogenated alkanes) is 1. The van der Waals surface area contributed by atoms with Crippen molar-refractivity contribution in [1.29, 1.82) is 0 Å². The molecule has 1 saturated heterocycles. The zero-order chi connectivity index (χ0) is 12.1. The smallest absolute Gasteiger partial charge is 0.237 e. The maximum absolute atomic E-state index is 11.8. The number of rotatable bonds is 5. The molecular formula is C12H25N3O. The van der Waals surface area contributed by atoms with Crippen molar-refractivity contribution < 1.29 is 4.79 Å². The minimum atomic E-state index is -0.0483. The largest absolute Gasteiger partial charge is 0.355 e. The average molecular weight is 227 g/mol. The summed E-state index contributed by atoms with van der Waals surface area (Å²) >= 11 is 0. The molecule has 1 aliphatic heterocycles. The second-order valence-electron chi connectivity index (χ2n) is 4.92. The first-order valence-electron chi connectivity index (χ1n) is 6.33. The summed E-state index contributed by atoms with van der Waals surface area (Å²) in [7, 11) is 0. The predicted octanol–water partition coefficient (Wildman–Crippen LogP) is 0.570. The minimum absolute atomic E-state index is 0.0483. The Labute approximate surface area is 98.6 Å². The van der Waals surface area contributed by atoms with Crippen molar-refractivity contribution in [2.24, 2.45) is 11.7 Å². The van der Waals surface area contributed by atoms with Gasteiger partial charge in [-0.25, -0.2) is 0 Å². The molecule has 1 aliphatic rings. The minimum Gasteiger partial charge on any atom is -0.355 e. The van der Waals surface area contributed by atoms with E-state index in [1.54, 1.807) is 0 Å². The summed E-state index contributed by atoms with van der Waals surface area (Å²) in [6.45, 7) is 8.79. The summed E-state index contributed by atoms with van der Waals surface area (Å²) in [5.41, 5.74) is 5.95. The molecule has 16 heavy (non-hydrogen) atoms. The Bertz CT molecular complexity index is 222. The Balaban J connectivity index is 2.33. The molecule has 0 aromatic carbocycles. The summed E-state index contributed by atoms with van der Waals surface area (Å²) in [5, 5.41) is 2.97. The van der Waals surface area contributed by atoms with E-state index < -0.39 is 0 Å². The Kier molecular flexibility index (Phi) is 5.22. The monoisotopic (exact) mass is 227 g/mol. The lowest BCUT2D eigenvalue weighted by molar-refractivity contribution is -0.125. The zero-order valence-corrected chi connectivity index (χ0v) is 10.7. The molecule has 3 unspecified atom stereocenters. The third-order valence-corrected chi connectivity index (χ3v) is 3.46. The molecule has 1 rings (SSSR count). The van der Waals surface area contributed by atoms with Gasteiger partial charge in [-0.1, -0.05) is 20.3 Å². The van der Waals surface area contributed by atoms with Gasteiger partial charge in [0.1, 0.15) is 0 Å². The molecule has 3 atom stereocenters. The third-order valence-electron chi connectivity index (χ3n) is 3.46. The highest BCUT2D eigenvalue weighted by Gasteiger charge is 2.32. The van der Waals surface area contributed by atoms with Crippen LogP contribution in [0.25, 0.3) is 0 Å². The fourth-order valence-corrected chi connectivity index (χ4v) is 2.05. The fraction of sp³-hybridized carbons (Fsp3) is 0.917. The van der Waals surface area contributed by atoms with Gasteiger partial charge in [0, 0.05) is 25.7 Å². The van der Waals surface area contributed by atoms with Gasteiger partial charge in [0.05, 0.1) is 6.04 Å². The van der Waals surface area contributed by atoms with Crippen LogP contribution >= 0.6 is 0 Å². The van der Waals surface area contributed by atoms with Crippen molar-refractivity contribution in [2.75, 3.05) is 19.6 Å². The van der Waals surface area contributed by atoms with Gasteiger partial charge in [-0.15, -0.1) is 0 Å². The van der Waals surface area contributed by atoms with Crippen molar-refractivity contribution in [3.8, 4) is 0 Å². The Hall–Kier alpha value is -0.610. The molecule has 1 fully saturated rings. The standard InChI is InChI=1S/C12H25N3O/c1-4-5-6-14-12(16)10(3)15-7-9(2)11(13)8-15/h9-11H,4-8,13H2,1-3H3,(H,14,16). The van der Waals surface area contributed by atoms with E-state index in [-0.39, 0.29) is 18.0 Å². The van der Waals surface area contributed by atoms with Crippen LogP contribution in [0.2, 0.25) is 0 Å². The second kappa shape index (κ2) is 6.21. The van der Waals surface area contributed by atoms with E-state index in [2.05, 4.69) is 24.1 Å². The van der Waals surface area contributed by atoms with Crippen LogP contribution in [-0.2, 0) is 4.79 Å². The number of carbonyl (C=O) groups is 1. The van der Waals surface area contributed by atoms with Crippen LogP contribution in [0.1, 0.15) is 33.6 Å². The molecule has 1 heterocycles. The van der Waals surface area contributed by atoms with Crippen molar-refractivity contribution in [3.63, 3.8) is 0 Å². The third kappa shape index (κ3) is 3.46. The van der Waals surface area contributed by atoms with Gasteiger partial charge in [-0.05, 0) is 19.3 Å². The van der Waals surface area contributed by atoms with Gasteiger partial charge in [0.2, 0.25) is 5.91 Å². The topological polar surface area (TPSA) is 58.4 Å². The molecular weight excluding hydrogens is 202 g/mol. The van der Waals surface area contributed by atoms with Crippen molar-refractivity contribution >= 4 is 5.91 Å². The van der Waals surface area contributed by atoms with Crippen molar-refractivity contribution in [3.05, 3.63) is 0 Å². The number of nitrogens with two attached hydrogens (primary N) is 1. The van der Waals surface area contributed by atoms with Gasteiger partial charge >= 0.3 is 0 Å². The van der Waals surface area contributed by atoms with Gasteiger partial charge in [0.25, 0.3) is 0 Å². The maximum atomic E-state index is 11.8. The van der Waals surface area contributed by atoms with E-state index in [1.165, 1.54) is 0 Å². The fourth-order valence-electron chi connectivity index (χ4n) is 2.05. The molecule has 0 bridgehead atoms. The van der Waals surface area contributed by atoms with Crippen molar-refractivity contribution in [1.82, 2.24) is 10.2 Å². The van der Waals surface area contributed by atoms with E-state index in [0.29, 0.717) is 5.92 Å². The normalized spacial score (nSPS) is 28.0. The first-order chi connectivity index (χ1) is 7.56. The Morgan fingerprint density at radius 3 is 2.75 bits per heavy atom. The quantitative estimate of drug-likeness (QED) is 0.675. The summed E-state index contributed by atoms with van der Waals surface area (Å²) in [4.78, 5) is 14.0. The first kappa shape index (κ1) is 13.5. The maximum Gasteiger partial charge on any atom is 0.237 e. The zero-order valence-electron chi connectivity index (χ0n) is 10.7. The Morgan fingerprint density at radius 1 is 1.56 bits per heavy atom. The summed E-state index contributed by atoms with van der Waals surface area (Å²) in [6, 6.07) is 0.166. The van der Waals surface area contributed by atoms with Gasteiger partial charge in [0.15, 0.2) is 0 Å². The predicted molar refractivity (Wildman–Crippen MR) is 66.1 cm³/mol. The molecule has 4 nitrogen and oxygen atoms in total. The number of amides is 1. The molecule has 3 N–H and O–H groups in total. The molecule has 0 aromatic heterocycles. The lowest BCUT2D eigenvalue weighted by Gasteiger charge is -2.23. The summed E-state index contributed by atoms with van der Waals surface area (Å²) in [5.74, 6) is 0.626. The van der Waals surface area contributed by atoms with Crippen LogP contribution in [0.15, 0.2) is 0 Å². The van der Waals surface area contributed by atoms with Crippen LogP contribution in [-0.4, -0.2) is 42.5 Å². The van der Waals surface area contributed by atoms with E-state index in [4.69, 9.17) is 5.73 Å². The molecule has 1 amide bonds. The number of nitrogens with zero attached hydrogens (tertiary/aromatic N) is 1. The van der Waals surface area contributed by atoms with Crippen LogP contribution in [0, 0.1) is 5.92 Å². The van der Waals surface area contributed by atoms with Crippen molar-refractivity contribution in [2.45, 2.75) is 45.7 Å². The van der Waals surface area contributed by atoms with Crippen LogP contribution in [0.3, 0.4) is 0 Å². The number of hydrogen-bond donors (Lipinski definition) is 2. The van der Waals surface area contributed by atoms with Crippen LogP contribution in [0.4, 0.5) is 0 Å². The molecule has 0 aliphatic carbocycles. The van der Waals surface area contributed by atoms with E-state index in [1.807, 2.05) is 6.92 Å². The number of carbonyl (C=O) groups excluding carboxylic acids is 1. The lowest BCUT2D eigenvalue weighted by atomic mass is 10.1. The van der Waals surface area contributed by atoms with Crippen LogP contribution in [0.5, 0.6) is 0 Å². The van der Waals surface area contributed by atoms with Gasteiger partial charge in [-0.2, -0.15) is 0 Å². The lowest BCUT2D eigenvalue weighted by Crippen LogP contribution is -2.45. The first-order valence-corrected chi connectivity index (χ1v) is 6.33.